The van der Waals surface area contributed by atoms with E-state index in [4.69, 9.17) is 14.3 Å². The van der Waals surface area contributed by atoms with Gasteiger partial charge in [-0.05, 0) is 31.5 Å². The number of amides is 1. The van der Waals surface area contributed by atoms with Gasteiger partial charge in [-0.25, -0.2) is 0 Å². The van der Waals surface area contributed by atoms with Crippen molar-refractivity contribution < 1.29 is 19.1 Å². The molecule has 0 aromatic heterocycles. The van der Waals surface area contributed by atoms with Crippen molar-refractivity contribution in [2.24, 2.45) is 5.16 Å². The van der Waals surface area contributed by atoms with Crippen LogP contribution in [0.3, 0.4) is 0 Å². The number of oxime groups is 1. The van der Waals surface area contributed by atoms with E-state index in [1.54, 1.807) is 7.05 Å². The zero-order valence-corrected chi connectivity index (χ0v) is 15.5. The number of benzene rings is 2. The molecule has 1 amide bonds. The highest BCUT2D eigenvalue weighted by molar-refractivity contribution is 6.45. The van der Waals surface area contributed by atoms with E-state index < -0.39 is 0 Å². The fraction of sp³-hybridized carbons (Fsp3) is 0.300. The van der Waals surface area contributed by atoms with Crippen molar-refractivity contribution in [3.8, 4) is 11.5 Å². The lowest BCUT2D eigenvalue weighted by molar-refractivity contribution is -0.114. The van der Waals surface area contributed by atoms with Crippen LogP contribution in [0.15, 0.2) is 53.7 Å². The number of ether oxygens (including phenoxy) is 2. The number of hydrogen-bond donors (Lipinski definition) is 1. The van der Waals surface area contributed by atoms with Crippen molar-refractivity contribution in [1.29, 1.82) is 0 Å². The molecule has 138 valence electrons. The maximum atomic E-state index is 12.1. The number of nitrogens with zero attached hydrogens (tertiary/aromatic N) is 1. The number of likely N-dealkylation sites (N-methyl/N-ethyl adjacent to an activating group) is 1. The molecule has 0 aliphatic rings. The van der Waals surface area contributed by atoms with E-state index in [1.165, 1.54) is 7.11 Å². The summed E-state index contributed by atoms with van der Waals surface area (Å²) >= 11 is 0. The Labute approximate surface area is 153 Å². The highest BCUT2D eigenvalue weighted by atomic mass is 16.6. The lowest BCUT2D eigenvalue weighted by atomic mass is 10.0. The Kier molecular flexibility index (Phi) is 7.02. The average molecular weight is 356 g/mol. The zero-order chi connectivity index (χ0) is 18.9. The quantitative estimate of drug-likeness (QED) is 0.583. The van der Waals surface area contributed by atoms with Gasteiger partial charge < -0.3 is 19.6 Å². The second-order valence-electron chi connectivity index (χ2n) is 5.79. The minimum Gasteiger partial charge on any atom is -0.491 e. The van der Waals surface area contributed by atoms with Gasteiger partial charge in [0.15, 0.2) is 5.71 Å². The van der Waals surface area contributed by atoms with Crippen molar-refractivity contribution in [3.05, 3.63) is 59.7 Å². The third kappa shape index (κ3) is 5.24. The topological polar surface area (TPSA) is 69.2 Å². The molecule has 2 aromatic carbocycles. The van der Waals surface area contributed by atoms with Gasteiger partial charge in [-0.15, -0.1) is 0 Å². The minimum absolute atomic E-state index is 0.0892. The second-order valence-corrected chi connectivity index (χ2v) is 5.79. The summed E-state index contributed by atoms with van der Waals surface area (Å²) in [4.78, 5) is 16.9. The van der Waals surface area contributed by atoms with Gasteiger partial charge in [0.2, 0.25) is 0 Å². The summed E-state index contributed by atoms with van der Waals surface area (Å²) in [5.41, 5.74) is 1.68. The molecule has 0 bridgehead atoms. The molecule has 6 nitrogen and oxygen atoms in total. The Morgan fingerprint density at radius 2 is 1.85 bits per heavy atom. The lowest BCUT2D eigenvalue weighted by Gasteiger charge is -2.14. The molecule has 0 fully saturated rings. The van der Waals surface area contributed by atoms with Gasteiger partial charge in [0.05, 0.1) is 6.10 Å². The molecular weight excluding hydrogens is 332 g/mol. The molecule has 0 aliphatic carbocycles. The summed E-state index contributed by atoms with van der Waals surface area (Å²) in [6, 6.07) is 14.9. The van der Waals surface area contributed by atoms with Gasteiger partial charge in [0, 0.05) is 18.7 Å². The molecule has 6 heteroatoms. The maximum Gasteiger partial charge on any atom is 0.273 e. The Morgan fingerprint density at radius 3 is 2.54 bits per heavy atom. The van der Waals surface area contributed by atoms with Crippen molar-refractivity contribution in [1.82, 2.24) is 5.32 Å². The van der Waals surface area contributed by atoms with Crippen molar-refractivity contribution >= 4 is 11.6 Å². The molecule has 2 aromatic rings. The third-order valence-electron chi connectivity index (χ3n) is 3.47. The summed E-state index contributed by atoms with van der Waals surface area (Å²) in [5.74, 6) is 1.10. The van der Waals surface area contributed by atoms with Crippen molar-refractivity contribution in [2.45, 2.75) is 26.6 Å². The number of carbonyl (C=O) groups is 1. The van der Waals surface area contributed by atoms with Crippen LogP contribution in [0.5, 0.6) is 11.5 Å². The van der Waals surface area contributed by atoms with Gasteiger partial charge in [-0.1, -0.05) is 35.5 Å². The van der Waals surface area contributed by atoms with Gasteiger partial charge in [-0.2, -0.15) is 0 Å². The summed E-state index contributed by atoms with van der Waals surface area (Å²) < 4.78 is 11.6. The molecular formula is C20H24N2O4. The summed E-state index contributed by atoms with van der Waals surface area (Å²) in [6.07, 6.45) is 0.0892. The molecule has 0 saturated carbocycles. The molecule has 26 heavy (non-hydrogen) atoms. The monoisotopic (exact) mass is 356 g/mol. The first-order valence-corrected chi connectivity index (χ1v) is 8.36. The first kappa shape index (κ1) is 19.3. The predicted octanol–water partition coefficient (Wildman–Crippen LogP) is 3.15. The summed E-state index contributed by atoms with van der Waals surface area (Å²) in [6.45, 7) is 4.22. The highest BCUT2D eigenvalue weighted by Crippen LogP contribution is 2.22. The van der Waals surface area contributed by atoms with E-state index in [9.17, 15) is 4.79 Å². The Hall–Kier alpha value is -3.02. The van der Waals surface area contributed by atoms with E-state index in [0.29, 0.717) is 11.3 Å². The average Bonchev–Trinajstić information content (AvgIpc) is 2.64. The summed E-state index contributed by atoms with van der Waals surface area (Å²) in [7, 11) is 2.95. The Bertz CT molecular complexity index is 772. The molecule has 0 saturated heterocycles. The Balaban J connectivity index is 2.21. The van der Waals surface area contributed by atoms with E-state index in [0.717, 1.165) is 11.3 Å². The third-order valence-corrected chi connectivity index (χ3v) is 3.47. The Morgan fingerprint density at radius 1 is 1.12 bits per heavy atom. The molecule has 0 aliphatic heterocycles. The largest absolute Gasteiger partial charge is 0.491 e. The number of hydrogen-bond acceptors (Lipinski definition) is 5. The van der Waals surface area contributed by atoms with E-state index in [2.05, 4.69) is 10.5 Å². The molecule has 0 unspecified atom stereocenters. The van der Waals surface area contributed by atoms with Crippen LogP contribution in [0, 0.1) is 0 Å². The minimum atomic E-state index is -0.327. The molecule has 0 spiro atoms. The number of carbonyl (C=O) groups excluding carboxylic acids is 1. The van der Waals surface area contributed by atoms with Crippen LogP contribution in [0.25, 0.3) is 0 Å². The predicted molar refractivity (Wildman–Crippen MR) is 101 cm³/mol. The van der Waals surface area contributed by atoms with Crippen molar-refractivity contribution in [3.63, 3.8) is 0 Å². The van der Waals surface area contributed by atoms with Crippen molar-refractivity contribution in [2.75, 3.05) is 14.2 Å². The van der Waals surface area contributed by atoms with Crippen LogP contribution in [0.4, 0.5) is 0 Å². The molecule has 1 N–H and O–H groups in total. The van der Waals surface area contributed by atoms with Gasteiger partial charge in [0.1, 0.15) is 25.2 Å². The summed E-state index contributed by atoms with van der Waals surface area (Å²) in [5, 5.41) is 6.42. The van der Waals surface area contributed by atoms with E-state index in [1.807, 2.05) is 62.4 Å². The van der Waals surface area contributed by atoms with Gasteiger partial charge in [0.25, 0.3) is 5.91 Å². The molecule has 0 radical (unpaired) electrons. The molecule has 2 rings (SSSR count). The SMILES string of the molecule is CNC(=O)/C(=N/OC)c1ccccc1COc1cccc(OC(C)C)c1. The highest BCUT2D eigenvalue weighted by Gasteiger charge is 2.17. The van der Waals surface area contributed by atoms with E-state index in [-0.39, 0.29) is 24.3 Å². The van der Waals surface area contributed by atoms with Crippen LogP contribution in [0.1, 0.15) is 25.0 Å². The standard InChI is InChI=1S/C20H24N2O4/c1-14(2)26-17-10-7-9-16(12-17)25-13-15-8-5-6-11-18(15)19(22-24-4)20(23)21-3/h5-12,14H,13H2,1-4H3,(H,21,23)/b22-19+. The van der Waals surface area contributed by atoms with Crippen LogP contribution in [-0.4, -0.2) is 31.9 Å². The smallest absolute Gasteiger partial charge is 0.273 e. The van der Waals surface area contributed by atoms with Gasteiger partial charge in [-0.3, -0.25) is 4.79 Å². The zero-order valence-electron chi connectivity index (χ0n) is 15.5. The van der Waals surface area contributed by atoms with Crippen LogP contribution >= 0.6 is 0 Å². The molecule has 0 atom stereocenters. The number of rotatable bonds is 8. The fourth-order valence-corrected chi connectivity index (χ4v) is 2.37. The fourth-order valence-electron chi connectivity index (χ4n) is 2.37. The molecule has 0 heterocycles. The number of nitrogens with one attached hydrogen (secondary N) is 1. The second kappa shape index (κ2) is 9.46. The first-order chi connectivity index (χ1) is 12.5. The maximum absolute atomic E-state index is 12.1. The van der Waals surface area contributed by atoms with Crippen LogP contribution in [-0.2, 0) is 16.2 Å². The van der Waals surface area contributed by atoms with Crippen LogP contribution in [0.2, 0.25) is 0 Å². The normalized spacial score (nSPS) is 11.2. The lowest BCUT2D eigenvalue weighted by Crippen LogP contribution is -2.29. The van der Waals surface area contributed by atoms with Crippen LogP contribution < -0.4 is 14.8 Å². The first-order valence-electron chi connectivity index (χ1n) is 8.36. The van der Waals surface area contributed by atoms with Gasteiger partial charge >= 0.3 is 0 Å². The van der Waals surface area contributed by atoms with E-state index >= 15 is 0 Å².